The van der Waals surface area contributed by atoms with Crippen LogP contribution in [0.15, 0.2) is 47.5 Å². The van der Waals surface area contributed by atoms with E-state index in [0.29, 0.717) is 12.4 Å². The largest absolute Gasteiger partial charge is 0.351 e. The van der Waals surface area contributed by atoms with Gasteiger partial charge >= 0.3 is 6.03 Å². The Balaban J connectivity index is 2.02. The van der Waals surface area contributed by atoms with Gasteiger partial charge in [0.15, 0.2) is 5.84 Å². The monoisotopic (exact) mass is 477 g/mol. The number of hydrogen-bond donors (Lipinski definition) is 1. The molecular weight excluding hydrogens is 442 g/mol. The highest BCUT2D eigenvalue weighted by molar-refractivity contribution is 6.77. The number of hydrogen-bond acceptors (Lipinski definition) is 5. The number of amidine groups is 1. The summed E-state index contributed by atoms with van der Waals surface area (Å²) in [6, 6.07) is 14.0. The molecule has 2 aromatic rings. The summed E-state index contributed by atoms with van der Waals surface area (Å²) in [5, 5.41) is 3.81. The highest BCUT2D eigenvalue weighted by Crippen LogP contribution is 2.44. The van der Waals surface area contributed by atoms with Gasteiger partial charge in [0, 0.05) is 26.3 Å². The molecule has 7 nitrogen and oxygen atoms in total. The first kappa shape index (κ1) is 24.2. The Bertz CT molecular complexity index is 1170. The average Bonchev–Trinajstić information content (AvgIpc) is 2.79. The Kier molecular flexibility index (Phi) is 5.94. The molecule has 2 aliphatic heterocycles. The zero-order chi connectivity index (χ0) is 25.0. The first-order valence-electron chi connectivity index (χ1n) is 11.8. The van der Waals surface area contributed by atoms with Crippen LogP contribution in [0.1, 0.15) is 29.3 Å². The summed E-state index contributed by atoms with van der Waals surface area (Å²) in [6.45, 7) is 13.6. The Labute approximate surface area is 203 Å². The number of nitrogens with zero attached hydrogens (tertiary/aromatic N) is 4. The van der Waals surface area contributed by atoms with Gasteiger partial charge in [0.2, 0.25) is 5.66 Å². The SMILES string of the molecule is CCN1c2cc(C)c(C)cc2N(C)C2=NC(=O)N(C)C(=O)C21NC(c1ccccc1)[Si](C)(C)C. The third kappa shape index (κ3) is 3.56. The zero-order valence-electron chi connectivity index (χ0n) is 21.4. The second kappa shape index (κ2) is 8.36. The van der Waals surface area contributed by atoms with Gasteiger partial charge in [-0.05, 0) is 49.6 Å². The van der Waals surface area contributed by atoms with E-state index in [1.165, 1.54) is 7.05 Å². The topological polar surface area (TPSA) is 68.2 Å². The van der Waals surface area contributed by atoms with E-state index in [-0.39, 0.29) is 11.6 Å². The van der Waals surface area contributed by atoms with Crippen LogP contribution in [0.25, 0.3) is 0 Å². The molecule has 34 heavy (non-hydrogen) atoms. The van der Waals surface area contributed by atoms with Crippen molar-refractivity contribution in [2.75, 3.05) is 30.4 Å². The third-order valence-electron chi connectivity index (χ3n) is 7.06. The van der Waals surface area contributed by atoms with Gasteiger partial charge in [0.1, 0.15) is 0 Å². The quantitative estimate of drug-likeness (QED) is 0.644. The van der Waals surface area contributed by atoms with Crippen molar-refractivity contribution >= 4 is 37.2 Å². The Morgan fingerprint density at radius 1 is 0.971 bits per heavy atom. The number of likely N-dealkylation sites (N-methyl/N-ethyl adjacent to an activating group) is 3. The molecule has 0 aromatic heterocycles. The van der Waals surface area contributed by atoms with E-state index in [4.69, 9.17) is 0 Å². The molecule has 0 spiro atoms. The van der Waals surface area contributed by atoms with Crippen molar-refractivity contribution in [1.29, 1.82) is 0 Å². The average molecular weight is 478 g/mol. The second-order valence-corrected chi connectivity index (χ2v) is 15.7. The van der Waals surface area contributed by atoms with Gasteiger partial charge in [-0.25, -0.2) is 4.79 Å². The van der Waals surface area contributed by atoms with Crippen LogP contribution in [0.5, 0.6) is 0 Å². The zero-order valence-corrected chi connectivity index (χ0v) is 22.4. The predicted molar refractivity (Wildman–Crippen MR) is 141 cm³/mol. The normalized spacial score (nSPS) is 21.3. The lowest BCUT2D eigenvalue weighted by atomic mass is 9.93. The number of nitrogens with one attached hydrogen (secondary N) is 1. The van der Waals surface area contributed by atoms with Crippen molar-refractivity contribution in [3.63, 3.8) is 0 Å². The minimum absolute atomic E-state index is 0.0556. The number of carbonyl (C=O) groups is 2. The van der Waals surface area contributed by atoms with Crippen molar-refractivity contribution in [3.8, 4) is 0 Å². The van der Waals surface area contributed by atoms with Gasteiger partial charge in [-0.3, -0.25) is 15.0 Å². The fourth-order valence-electron chi connectivity index (χ4n) is 5.06. The summed E-state index contributed by atoms with van der Waals surface area (Å²) in [5.74, 6) is 0.122. The number of benzene rings is 2. The van der Waals surface area contributed by atoms with Gasteiger partial charge in [0.05, 0.1) is 19.4 Å². The van der Waals surface area contributed by atoms with E-state index in [0.717, 1.165) is 33.0 Å². The molecule has 2 aromatic carbocycles. The van der Waals surface area contributed by atoms with E-state index in [2.05, 4.69) is 73.0 Å². The Hall–Kier alpha value is -2.97. The highest BCUT2D eigenvalue weighted by atomic mass is 28.3. The third-order valence-corrected chi connectivity index (χ3v) is 9.27. The van der Waals surface area contributed by atoms with Crippen LogP contribution in [-0.4, -0.2) is 57.1 Å². The fourth-order valence-corrected chi connectivity index (χ4v) is 6.89. The fraction of sp³-hybridized carbons (Fsp3) is 0.423. The van der Waals surface area contributed by atoms with Crippen LogP contribution in [0.4, 0.5) is 16.2 Å². The summed E-state index contributed by atoms with van der Waals surface area (Å²) < 4.78 is 0. The summed E-state index contributed by atoms with van der Waals surface area (Å²) >= 11 is 0. The number of aryl methyl sites for hydroxylation is 2. The van der Waals surface area contributed by atoms with Gasteiger partial charge in [-0.15, -0.1) is 0 Å². The molecule has 0 fully saturated rings. The summed E-state index contributed by atoms with van der Waals surface area (Å²) in [7, 11) is 1.51. The maximum absolute atomic E-state index is 14.2. The van der Waals surface area contributed by atoms with Gasteiger partial charge in [-0.1, -0.05) is 50.0 Å². The van der Waals surface area contributed by atoms with Crippen LogP contribution in [0.3, 0.4) is 0 Å². The molecule has 0 bridgehead atoms. The number of urea groups is 1. The van der Waals surface area contributed by atoms with Crippen molar-refractivity contribution in [2.24, 2.45) is 4.99 Å². The molecule has 8 heteroatoms. The first-order chi connectivity index (χ1) is 15.9. The number of aliphatic imine (C=N–C) groups is 1. The molecule has 2 heterocycles. The standard InChI is InChI=1S/C26H35N5O2Si/c1-9-31-21-16-18(3)17(2)15-20(21)29(4)23-26(31,24(32)30(5)25(33)27-23)28-22(34(6,7)8)19-13-11-10-12-14-19/h10-16,22,28H,9H2,1-8H3. The van der Waals surface area contributed by atoms with Gasteiger partial charge in [0.25, 0.3) is 5.91 Å². The summed E-state index contributed by atoms with van der Waals surface area (Å²) in [6.07, 6.45) is 0. The number of imide groups is 1. The molecule has 1 N–H and O–H groups in total. The molecule has 3 amide bonds. The lowest BCUT2D eigenvalue weighted by Crippen LogP contribution is -2.79. The lowest BCUT2D eigenvalue weighted by molar-refractivity contribution is -0.132. The second-order valence-electron chi connectivity index (χ2n) is 10.4. The minimum Gasteiger partial charge on any atom is -0.338 e. The Morgan fingerprint density at radius 2 is 1.56 bits per heavy atom. The molecule has 2 unspecified atom stereocenters. The van der Waals surface area contributed by atoms with Crippen LogP contribution in [0, 0.1) is 13.8 Å². The van der Waals surface area contributed by atoms with E-state index < -0.39 is 19.8 Å². The molecule has 180 valence electrons. The number of fused-ring (bicyclic) bond motifs is 2. The minimum atomic E-state index is -1.90. The number of anilines is 2. The van der Waals surface area contributed by atoms with Gasteiger partial charge in [-0.2, -0.15) is 4.99 Å². The van der Waals surface area contributed by atoms with E-state index in [1.807, 2.05) is 37.1 Å². The molecule has 4 rings (SSSR count). The van der Waals surface area contributed by atoms with E-state index >= 15 is 0 Å². The maximum atomic E-state index is 14.2. The summed E-state index contributed by atoms with van der Waals surface area (Å²) in [4.78, 5) is 36.6. The molecular formula is C26H35N5O2Si. The van der Waals surface area contributed by atoms with Crippen molar-refractivity contribution in [2.45, 2.75) is 51.7 Å². The van der Waals surface area contributed by atoms with Crippen molar-refractivity contribution < 1.29 is 9.59 Å². The van der Waals surface area contributed by atoms with Crippen molar-refractivity contribution in [3.05, 3.63) is 59.2 Å². The molecule has 2 aliphatic rings. The van der Waals surface area contributed by atoms with Crippen LogP contribution < -0.4 is 15.1 Å². The smallest absolute Gasteiger partial charge is 0.338 e. The molecule has 0 aliphatic carbocycles. The summed E-state index contributed by atoms with van der Waals surface area (Å²) in [5.41, 5.74) is 3.97. The first-order valence-corrected chi connectivity index (χ1v) is 15.4. The highest BCUT2D eigenvalue weighted by Gasteiger charge is 2.60. The Morgan fingerprint density at radius 3 is 2.12 bits per heavy atom. The predicted octanol–water partition coefficient (Wildman–Crippen LogP) is 4.47. The molecule has 2 atom stereocenters. The number of carbonyl (C=O) groups excluding carboxylic acids is 2. The number of rotatable bonds is 5. The van der Waals surface area contributed by atoms with Crippen LogP contribution in [-0.2, 0) is 4.79 Å². The molecule has 0 saturated carbocycles. The molecule has 0 radical (unpaired) electrons. The lowest BCUT2D eigenvalue weighted by Gasteiger charge is -2.55. The van der Waals surface area contributed by atoms with E-state index in [9.17, 15) is 9.59 Å². The maximum Gasteiger partial charge on any atom is 0.351 e. The van der Waals surface area contributed by atoms with Crippen LogP contribution in [0.2, 0.25) is 19.6 Å². The number of amides is 3. The van der Waals surface area contributed by atoms with Crippen molar-refractivity contribution in [1.82, 2.24) is 10.2 Å². The van der Waals surface area contributed by atoms with Crippen LogP contribution >= 0.6 is 0 Å². The van der Waals surface area contributed by atoms with Gasteiger partial charge < -0.3 is 9.80 Å². The van der Waals surface area contributed by atoms with E-state index in [1.54, 1.807) is 0 Å². The molecule has 0 saturated heterocycles.